The molecule has 0 bridgehead atoms. The SMILES string of the molecule is CCOC(=O)C1=C(CN2CC(F)[C@@H](O)C2)NC(c2nccs2)=N[C@H]1c1ccc(F)cc1Br. The van der Waals surface area contributed by atoms with Crippen LogP contribution in [0, 0.1) is 5.82 Å². The number of nitrogens with zero attached hydrogens (tertiary/aromatic N) is 3. The zero-order chi connectivity index (χ0) is 22.8. The van der Waals surface area contributed by atoms with Crippen LogP contribution in [0.4, 0.5) is 8.78 Å². The van der Waals surface area contributed by atoms with Gasteiger partial charge in [-0.1, -0.05) is 22.0 Å². The Morgan fingerprint density at radius 3 is 2.88 bits per heavy atom. The molecule has 1 fully saturated rings. The lowest BCUT2D eigenvalue weighted by Crippen LogP contribution is -2.39. The number of β-amino-alcohol motifs (C(OH)–C–C–N with tert-alkyl or cyclic N) is 1. The normalized spacial score (nSPS) is 23.8. The number of esters is 1. The van der Waals surface area contributed by atoms with E-state index in [9.17, 15) is 18.7 Å². The summed E-state index contributed by atoms with van der Waals surface area (Å²) in [7, 11) is 0. The summed E-state index contributed by atoms with van der Waals surface area (Å²) < 4.78 is 33.5. The van der Waals surface area contributed by atoms with Crippen LogP contribution >= 0.6 is 27.3 Å². The van der Waals surface area contributed by atoms with E-state index in [0.29, 0.717) is 26.6 Å². The van der Waals surface area contributed by atoms with Crippen LogP contribution in [0.2, 0.25) is 0 Å². The quantitative estimate of drug-likeness (QED) is 0.562. The number of hydrogen-bond acceptors (Lipinski definition) is 8. The number of thiazole rings is 1. The number of aliphatic hydroxyl groups excluding tert-OH is 1. The van der Waals surface area contributed by atoms with E-state index < -0.39 is 30.1 Å². The van der Waals surface area contributed by atoms with Gasteiger partial charge in [0.05, 0.1) is 18.3 Å². The Morgan fingerprint density at radius 2 is 2.25 bits per heavy atom. The highest BCUT2D eigenvalue weighted by Gasteiger charge is 2.37. The Morgan fingerprint density at radius 1 is 1.44 bits per heavy atom. The van der Waals surface area contributed by atoms with Crippen LogP contribution in [0.5, 0.6) is 0 Å². The third-order valence-electron chi connectivity index (χ3n) is 5.19. The molecule has 3 atom stereocenters. The number of nitrogens with one attached hydrogen (secondary N) is 1. The van der Waals surface area contributed by atoms with Crippen molar-refractivity contribution in [3.63, 3.8) is 0 Å². The Hall–Kier alpha value is -2.21. The standard InChI is InChI=1S/C21H21BrF2N4O3S/c1-2-31-21(30)17-15(9-28-8-14(24)16(29)10-28)26-19(20-25-5-6-32-20)27-18(17)12-4-3-11(23)7-13(12)22/h3-7,14,16,18,29H,2,8-10H2,1H3,(H,26,27)/t14?,16-,18-/m0/s1. The van der Waals surface area contributed by atoms with Crippen LogP contribution in [0.1, 0.15) is 23.5 Å². The fourth-order valence-corrected chi connectivity index (χ4v) is 4.90. The van der Waals surface area contributed by atoms with E-state index >= 15 is 0 Å². The van der Waals surface area contributed by atoms with Gasteiger partial charge in [0.25, 0.3) is 0 Å². The first-order valence-electron chi connectivity index (χ1n) is 10.0. The van der Waals surface area contributed by atoms with E-state index in [-0.39, 0.29) is 31.8 Å². The molecule has 2 aliphatic heterocycles. The van der Waals surface area contributed by atoms with Crippen molar-refractivity contribution in [2.45, 2.75) is 25.2 Å². The molecule has 0 radical (unpaired) electrons. The van der Waals surface area contributed by atoms with Crippen LogP contribution in [-0.2, 0) is 9.53 Å². The van der Waals surface area contributed by atoms with Gasteiger partial charge in [0.1, 0.15) is 18.0 Å². The summed E-state index contributed by atoms with van der Waals surface area (Å²) in [6, 6.07) is 3.37. The number of aromatic nitrogens is 1. The number of aliphatic hydroxyl groups is 1. The van der Waals surface area contributed by atoms with E-state index in [1.165, 1.54) is 23.5 Å². The van der Waals surface area contributed by atoms with Crippen LogP contribution in [0.15, 0.2) is 50.5 Å². The first-order chi connectivity index (χ1) is 15.4. The van der Waals surface area contributed by atoms with Gasteiger partial charge in [-0.15, -0.1) is 11.3 Å². The number of alkyl halides is 1. The molecule has 2 N–H and O–H groups in total. The summed E-state index contributed by atoms with van der Waals surface area (Å²) >= 11 is 4.75. The molecule has 170 valence electrons. The highest BCUT2D eigenvalue weighted by atomic mass is 79.9. The third-order valence-corrected chi connectivity index (χ3v) is 6.66. The van der Waals surface area contributed by atoms with E-state index in [4.69, 9.17) is 9.73 Å². The fraction of sp³-hybridized carbons (Fsp3) is 0.381. The highest BCUT2D eigenvalue weighted by Crippen LogP contribution is 2.37. The smallest absolute Gasteiger partial charge is 0.338 e. The zero-order valence-corrected chi connectivity index (χ0v) is 19.5. The van der Waals surface area contributed by atoms with Crippen LogP contribution in [0.25, 0.3) is 0 Å². The second-order valence-corrected chi connectivity index (χ2v) is 9.15. The van der Waals surface area contributed by atoms with Crippen molar-refractivity contribution in [3.8, 4) is 0 Å². The van der Waals surface area contributed by atoms with Gasteiger partial charge in [-0.3, -0.25) is 9.89 Å². The van der Waals surface area contributed by atoms with Gasteiger partial charge in [-0.2, -0.15) is 0 Å². The fourth-order valence-electron chi connectivity index (χ4n) is 3.74. The first kappa shape index (κ1) is 23.0. The number of benzene rings is 1. The van der Waals surface area contributed by atoms with E-state index in [1.807, 2.05) is 0 Å². The van der Waals surface area contributed by atoms with Crippen molar-refractivity contribution in [1.29, 1.82) is 0 Å². The van der Waals surface area contributed by atoms with Gasteiger partial charge in [0.15, 0.2) is 10.8 Å². The van der Waals surface area contributed by atoms with Gasteiger partial charge in [-0.25, -0.2) is 18.6 Å². The second-order valence-electron chi connectivity index (χ2n) is 7.40. The number of rotatable bonds is 6. The first-order valence-corrected chi connectivity index (χ1v) is 11.7. The molecule has 1 aromatic heterocycles. The minimum atomic E-state index is -1.36. The summed E-state index contributed by atoms with van der Waals surface area (Å²) in [6.45, 7) is 2.20. The predicted octanol–water partition coefficient (Wildman–Crippen LogP) is 2.97. The molecule has 7 nitrogen and oxygen atoms in total. The lowest BCUT2D eigenvalue weighted by Gasteiger charge is -2.29. The minimum absolute atomic E-state index is 0.0388. The molecule has 0 amide bonds. The number of amidine groups is 1. The number of carbonyl (C=O) groups excluding carboxylic acids is 1. The molecule has 4 rings (SSSR count). The number of hydrogen-bond donors (Lipinski definition) is 2. The van der Waals surface area contributed by atoms with Crippen molar-refractivity contribution in [1.82, 2.24) is 15.2 Å². The summed E-state index contributed by atoms with van der Waals surface area (Å²) in [4.78, 5) is 23.8. The molecule has 1 unspecified atom stereocenters. The summed E-state index contributed by atoms with van der Waals surface area (Å²) in [5, 5.41) is 15.4. The second kappa shape index (κ2) is 9.74. The van der Waals surface area contributed by atoms with Crippen molar-refractivity contribution in [2.24, 2.45) is 4.99 Å². The Balaban J connectivity index is 1.81. The largest absolute Gasteiger partial charge is 0.463 e. The van der Waals surface area contributed by atoms with Gasteiger partial charge in [0.2, 0.25) is 0 Å². The van der Waals surface area contributed by atoms with Gasteiger partial charge in [0, 0.05) is 41.4 Å². The monoisotopic (exact) mass is 526 g/mol. The Bertz CT molecular complexity index is 1050. The van der Waals surface area contributed by atoms with Crippen molar-refractivity contribution < 1.29 is 23.4 Å². The zero-order valence-electron chi connectivity index (χ0n) is 17.1. The maximum absolute atomic E-state index is 13.9. The highest BCUT2D eigenvalue weighted by molar-refractivity contribution is 9.10. The van der Waals surface area contributed by atoms with E-state index in [0.717, 1.165) is 0 Å². The van der Waals surface area contributed by atoms with Crippen LogP contribution in [-0.4, -0.2) is 65.3 Å². The molecule has 0 spiro atoms. The minimum Gasteiger partial charge on any atom is -0.463 e. The lowest BCUT2D eigenvalue weighted by molar-refractivity contribution is -0.139. The molecule has 2 aliphatic rings. The average molecular weight is 527 g/mol. The van der Waals surface area contributed by atoms with Crippen molar-refractivity contribution in [3.05, 3.63) is 61.9 Å². The van der Waals surface area contributed by atoms with Crippen LogP contribution < -0.4 is 5.32 Å². The third kappa shape index (κ3) is 4.75. The maximum Gasteiger partial charge on any atom is 0.338 e. The molecule has 32 heavy (non-hydrogen) atoms. The van der Waals surface area contributed by atoms with Gasteiger partial charge >= 0.3 is 5.97 Å². The molecule has 0 aliphatic carbocycles. The molecular formula is C21H21BrF2N4O3S. The average Bonchev–Trinajstić information content (AvgIpc) is 3.38. The summed E-state index contributed by atoms with van der Waals surface area (Å²) in [5.41, 5.74) is 1.30. The number of likely N-dealkylation sites (tertiary alicyclic amines) is 1. The Kier molecular flexibility index (Phi) is 6.99. The van der Waals surface area contributed by atoms with Gasteiger partial charge in [-0.05, 0) is 24.6 Å². The molecule has 11 heteroatoms. The van der Waals surface area contributed by atoms with Crippen LogP contribution in [0.3, 0.4) is 0 Å². The van der Waals surface area contributed by atoms with E-state index in [2.05, 4.69) is 26.2 Å². The summed E-state index contributed by atoms with van der Waals surface area (Å²) in [5.74, 6) is -0.559. The molecule has 2 aromatic rings. The number of aliphatic imine (C=N–C) groups is 1. The molecular weight excluding hydrogens is 506 g/mol. The number of halogens is 3. The number of ether oxygens (including phenoxy) is 1. The molecule has 1 aromatic carbocycles. The molecule has 3 heterocycles. The maximum atomic E-state index is 13.9. The Labute approximate surface area is 195 Å². The van der Waals surface area contributed by atoms with Crippen molar-refractivity contribution >= 4 is 39.1 Å². The topological polar surface area (TPSA) is 87.0 Å². The predicted molar refractivity (Wildman–Crippen MR) is 120 cm³/mol. The summed E-state index contributed by atoms with van der Waals surface area (Å²) in [6.07, 6.45) is -0.805. The van der Waals surface area contributed by atoms with Gasteiger partial charge < -0.3 is 15.2 Å². The van der Waals surface area contributed by atoms with Crippen molar-refractivity contribution in [2.75, 3.05) is 26.2 Å². The molecule has 0 saturated carbocycles. The number of carbonyl (C=O) groups is 1. The van der Waals surface area contributed by atoms with E-state index in [1.54, 1.807) is 29.5 Å². The lowest BCUT2D eigenvalue weighted by atomic mass is 9.95. The molecule has 1 saturated heterocycles.